The van der Waals surface area contributed by atoms with E-state index < -0.39 is 0 Å². The second-order valence-electron chi connectivity index (χ2n) is 8.73. The highest BCUT2D eigenvalue weighted by atomic mass is 16.1. The monoisotopic (exact) mass is 419 g/mol. The van der Waals surface area contributed by atoms with Crippen LogP contribution < -0.4 is 10.6 Å². The van der Waals surface area contributed by atoms with Gasteiger partial charge >= 0.3 is 0 Å². The van der Waals surface area contributed by atoms with E-state index in [1.807, 2.05) is 41.1 Å². The fourth-order valence-corrected chi connectivity index (χ4v) is 5.15. The van der Waals surface area contributed by atoms with Gasteiger partial charge in [0.05, 0.1) is 23.0 Å². The van der Waals surface area contributed by atoms with Gasteiger partial charge in [0.15, 0.2) is 0 Å². The number of hydrogen-bond donors (Lipinski definition) is 0. The van der Waals surface area contributed by atoms with Crippen molar-refractivity contribution in [1.82, 2.24) is 9.66 Å². The minimum absolute atomic E-state index is 0.0542. The average Bonchev–Trinajstić information content (AvgIpc) is 3.57. The summed E-state index contributed by atoms with van der Waals surface area (Å²) in [5, 5.41) is 2.93. The average molecular weight is 420 g/mol. The second kappa shape index (κ2) is 7.79. The Morgan fingerprint density at radius 3 is 2.44 bits per heavy atom. The van der Waals surface area contributed by atoms with Crippen molar-refractivity contribution in [3.63, 3.8) is 0 Å². The Morgan fingerprint density at radius 1 is 0.906 bits per heavy atom. The topological polar surface area (TPSA) is 37.9 Å². The van der Waals surface area contributed by atoms with Gasteiger partial charge in [0.25, 0.3) is 5.56 Å². The molecule has 1 fully saturated rings. The van der Waals surface area contributed by atoms with Gasteiger partial charge in [0, 0.05) is 5.92 Å². The number of hydrogen-bond acceptors (Lipinski definition) is 3. The van der Waals surface area contributed by atoms with Crippen LogP contribution in [-0.2, 0) is 0 Å². The van der Waals surface area contributed by atoms with Gasteiger partial charge in [0.2, 0.25) is 0 Å². The van der Waals surface area contributed by atoms with E-state index in [-0.39, 0.29) is 17.5 Å². The molecule has 1 aromatic heterocycles. The maximum atomic E-state index is 13.5. The molecule has 3 atom stereocenters. The fourth-order valence-electron chi connectivity index (χ4n) is 5.15. The van der Waals surface area contributed by atoms with Crippen molar-refractivity contribution in [2.75, 3.05) is 5.01 Å². The summed E-state index contributed by atoms with van der Waals surface area (Å²) in [5.41, 5.74) is 3.34. The summed E-state index contributed by atoms with van der Waals surface area (Å²) in [6.45, 7) is 0. The molecule has 6 rings (SSSR count). The highest BCUT2D eigenvalue weighted by Gasteiger charge is 2.54. The van der Waals surface area contributed by atoms with E-state index in [1.165, 1.54) is 11.1 Å². The molecular formula is C28H25N3O. The molecule has 1 saturated heterocycles. The van der Waals surface area contributed by atoms with Crippen LogP contribution in [0, 0.1) is 0 Å². The maximum Gasteiger partial charge on any atom is 0.280 e. The van der Waals surface area contributed by atoms with E-state index in [9.17, 15) is 4.79 Å². The van der Waals surface area contributed by atoms with Gasteiger partial charge in [-0.1, -0.05) is 84.9 Å². The molecule has 0 spiro atoms. The minimum Gasteiger partial charge on any atom is -0.293 e. The zero-order valence-corrected chi connectivity index (χ0v) is 17.8. The Bertz CT molecular complexity index is 1340. The van der Waals surface area contributed by atoms with Gasteiger partial charge in [-0.25, -0.2) is 9.66 Å². The van der Waals surface area contributed by atoms with Crippen molar-refractivity contribution in [3.05, 3.63) is 118 Å². The first-order valence-electron chi connectivity index (χ1n) is 11.4. The molecule has 3 unspecified atom stereocenters. The third-order valence-electron chi connectivity index (χ3n) is 6.73. The smallest absolute Gasteiger partial charge is 0.280 e. The lowest BCUT2D eigenvalue weighted by Crippen LogP contribution is -2.38. The summed E-state index contributed by atoms with van der Waals surface area (Å²) in [6, 6.07) is 29.2. The van der Waals surface area contributed by atoms with Gasteiger partial charge in [-0.15, -0.1) is 0 Å². The van der Waals surface area contributed by atoms with Crippen LogP contribution in [0.1, 0.15) is 48.2 Å². The number of benzene rings is 3. The van der Waals surface area contributed by atoms with E-state index in [2.05, 4.69) is 65.7 Å². The fraction of sp³-hybridized carbons (Fsp3) is 0.214. The lowest BCUT2D eigenvalue weighted by atomic mass is 9.93. The molecule has 2 aliphatic rings. The molecule has 0 N–H and O–H groups in total. The molecular weight excluding hydrogens is 394 g/mol. The van der Waals surface area contributed by atoms with Crippen LogP contribution in [0.4, 0.5) is 0 Å². The van der Waals surface area contributed by atoms with Crippen LogP contribution >= 0.6 is 0 Å². The van der Waals surface area contributed by atoms with E-state index in [1.54, 1.807) is 0 Å². The van der Waals surface area contributed by atoms with Gasteiger partial charge in [-0.3, -0.25) is 9.80 Å². The summed E-state index contributed by atoms with van der Waals surface area (Å²) in [6.07, 6.45) is 7.40. The molecule has 158 valence electrons. The molecule has 0 bridgehead atoms. The third-order valence-corrected chi connectivity index (χ3v) is 6.73. The molecule has 4 aromatic rings. The molecule has 4 nitrogen and oxygen atoms in total. The van der Waals surface area contributed by atoms with Crippen molar-refractivity contribution in [2.24, 2.45) is 0 Å². The predicted octanol–water partition coefficient (Wildman–Crippen LogP) is 5.44. The molecule has 0 saturated carbocycles. The van der Waals surface area contributed by atoms with Crippen LogP contribution in [0.3, 0.4) is 0 Å². The predicted molar refractivity (Wildman–Crippen MR) is 129 cm³/mol. The second-order valence-corrected chi connectivity index (χ2v) is 8.73. The number of fused-ring (bicyclic) bond motifs is 4. The molecule has 3 aromatic carbocycles. The highest BCUT2D eigenvalue weighted by molar-refractivity contribution is 5.77. The minimum atomic E-state index is 0.0542. The highest BCUT2D eigenvalue weighted by Crippen LogP contribution is 2.50. The van der Waals surface area contributed by atoms with Crippen LogP contribution in [0.5, 0.6) is 0 Å². The Balaban J connectivity index is 1.34. The third kappa shape index (κ3) is 3.23. The number of rotatable bonds is 5. The largest absolute Gasteiger partial charge is 0.293 e. The molecule has 0 radical (unpaired) electrons. The summed E-state index contributed by atoms with van der Waals surface area (Å²) < 4.78 is 1.89. The van der Waals surface area contributed by atoms with Crippen LogP contribution in [0.15, 0.2) is 95.8 Å². The normalized spacial score (nSPS) is 21.5. The van der Waals surface area contributed by atoms with Crippen molar-refractivity contribution >= 4 is 17.0 Å². The van der Waals surface area contributed by atoms with Gasteiger partial charge in [-0.2, -0.15) is 0 Å². The Labute approximate surface area is 187 Å². The van der Waals surface area contributed by atoms with Crippen molar-refractivity contribution in [3.8, 4) is 0 Å². The van der Waals surface area contributed by atoms with Gasteiger partial charge in [0.1, 0.15) is 5.82 Å². The first-order valence-corrected chi connectivity index (χ1v) is 11.4. The standard InChI is InChI=1S/C28H25N3O/c32-28-23-17-9-10-18-24(23)29-27-22(16-8-7-13-20-11-3-1-4-12-20)19-25-26(30(25)31(27)28)21-14-5-2-6-15-21/h1-7,9-15,17-18,22,25-26H,8,16,19H2. The molecule has 4 heteroatoms. The van der Waals surface area contributed by atoms with Crippen LogP contribution in [0.25, 0.3) is 17.0 Å². The number of allylic oxidation sites excluding steroid dienone is 1. The molecule has 32 heavy (non-hydrogen) atoms. The van der Waals surface area contributed by atoms with Crippen LogP contribution in [0.2, 0.25) is 0 Å². The maximum absolute atomic E-state index is 13.5. The Hall–Kier alpha value is -3.66. The lowest BCUT2D eigenvalue weighted by Gasteiger charge is -2.26. The zero-order valence-electron chi connectivity index (χ0n) is 17.8. The van der Waals surface area contributed by atoms with Crippen molar-refractivity contribution in [2.45, 2.75) is 37.3 Å². The molecule has 0 aliphatic carbocycles. The Morgan fingerprint density at radius 2 is 1.62 bits per heavy atom. The lowest BCUT2D eigenvalue weighted by molar-refractivity contribution is 0.471. The summed E-state index contributed by atoms with van der Waals surface area (Å²) in [4.78, 5) is 18.5. The quantitative estimate of drug-likeness (QED) is 0.404. The number of nitrogens with zero attached hydrogens (tertiary/aromatic N) is 3. The van der Waals surface area contributed by atoms with E-state index in [0.717, 1.165) is 30.6 Å². The van der Waals surface area contributed by atoms with Crippen molar-refractivity contribution < 1.29 is 0 Å². The Kier molecular flexibility index (Phi) is 4.64. The zero-order chi connectivity index (χ0) is 21.5. The summed E-state index contributed by atoms with van der Waals surface area (Å²) >= 11 is 0. The van der Waals surface area contributed by atoms with E-state index in [0.29, 0.717) is 11.4 Å². The van der Waals surface area contributed by atoms with Gasteiger partial charge < -0.3 is 0 Å². The number of aromatic nitrogens is 2. The van der Waals surface area contributed by atoms with Crippen molar-refractivity contribution in [1.29, 1.82) is 0 Å². The summed E-state index contributed by atoms with van der Waals surface area (Å²) in [7, 11) is 0. The summed E-state index contributed by atoms with van der Waals surface area (Å²) in [5.74, 6) is 1.18. The van der Waals surface area contributed by atoms with Gasteiger partial charge in [-0.05, 0) is 42.5 Å². The molecule has 2 aliphatic heterocycles. The number of para-hydroxylation sites is 1. The van der Waals surface area contributed by atoms with E-state index in [4.69, 9.17) is 4.98 Å². The van der Waals surface area contributed by atoms with E-state index >= 15 is 0 Å². The molecule has 3 heterocycles. The molecule has 0 amide bonds. The van der Waals surface area contributed by atoms with Crippen LogP contribution in [-0.4, -0.2) is 15.7 Å². The first kappa shape index (κ1) is 19.1. The first-order chi connectivity index (χ1) is 15.8. The SMILES string of the molecule is O=c1c2ccccc2nc2n1N1C(CC2CCC=Cc2ccccc2)C1c1ccccc1.